The van der Waals surface area contributed by atoms with Gasteiger partial charge in [-0.1, -0.05) is 11.6 Å². The van der Waals surface area contributed by atoms with Gasteiger partial charge in [0.1, 0.15) is 6.07 Å². The maximum Gasteiger partial charge on any atom is 0.249 e. The van der Waals surface area contributed by atoms with Crippen molar-refractivity contribution in [2.45, 2.75) is 6.04 Å². The summed E-state index contributed by atoms with van der Waals surface area (Å²) in [5, 5.41) is 16.2. The molecule has 4 aromatic rings. The Balaban J connectivity index is 1.61. The molecule has 0 aliphatic carbocycles. The predicted molar refractivity (Wildman–Crippen MR) is 127 cm³/mol. The van der Waals surface area contributed by atoms with Crippen LogP contribution in [0.25, 0.3) is 10.9 Å². The van der Waals surface area contributed by atoms with E-state index in [1.165, 1.54) is 24.5 Å². The second-order valence-corrected chi connectivity index (χ2v) is 8.13. The number of benzene rings is 1. The van der Waals surface area contributed by atoms with Gasteiger partial charge in [-0.05, 0) is 24.3 Å². The standard InChI is InChI=1S/C23H14ClF4N9/c24-15-4-11(33-21(17-9-32-37-36-17)13-1-2-18(26)35-22(13)27)3-14-19(10(6-29)7-30-20(14)15)34-12-5-16(25)23(28)31-8-12/h1-5,7-9,21,32-33,36-37H,(H,30,34)/t21-/m0/s1. The number of nitrogens with zero attached hydrogens (tertiary/aromatic N) is 4. The number of fused-ring (bicyclic) bond motifs is 1. The minimum absolute atomic E-state index is 0.0250. The van der Waals surface area contributed by atoms with Crippen LogP contribution in [0.1, 0.15) is 17.2 Å². The van der Waals surface area contributed by atoms with Crippen LogP contribution in [0.5, 0.6) is 0 Å². The molecule has 0 spiro atoms. The number of aromatic nitrogens is 3. The Morgan fingerprint density at radius 2 is 1.84 bits per heavy atom. The molecule has 0 amide bonds. The van der Waals surface area contributed by atoms with Gasteiger partial charge in [-0.25, -0.2) is 9.37 Å². The molecule has 0 fully saturated rings. The fourth-order valence-corrected chi connectivity index (χ4v) is 4.01. The van der Waals surface area contributed by atoms with Crippen molar-refractivity contribution < 1.29 is 17.6 Å². The number of hydrogen-bond acceptors (Lipinski definition) is 9. The fraction of sp³-hybridized carbons (Fsp3) is 0.0435. The first-order valence-electron chi connectivity index (χ1n) is 10.5. The minimum Gasteiger partial charge on any atom is -0.373 e. The Labute approximate surface area is 211 Å². The Kier molecular flexibility index (Phi) is 6.34. The van der Waals surface area contributed by atoms with Gasteiger partial charge in [0.2, 0.25) is 17.8 Å². The summed E-state index contributed by atoms with van der Waals surface area (Å²) in [6.45, 7) is 0. The molecule has 9 nitrogen and oxygen atoms in total. The van der Waals surface area contributed by atoms with Gasteiger partial charge in [-0.15, -0.1) is 0 Å². The molecule has 1 aliphatic heterocycles. The monoisotopic (exact) mass is 527 g/mol. The maximum atomic E-state index is 14.6. The average molecular weight is 528 g/mol. The minimum atomic E-state index is -1.27. The molecule has 0 saturated heterocycles. The van der Waals surface area contributed by atoms with Crippen molar-refractivity contribution >= 4 is 39.6 Å². The molecular formula is C23H14ClF4N9. The smallest absolute Gasteiger partial charge is 0.249 e. The number of nitrogens with one attached hydrogen (secondary N) is 5. The van der Waals surface area contributed by atoms with Crippen molar-refractivity contribution in [3.63, 3.8) is 0 Å². The van der Waals surface area contributed by atoms with Crippen molar-refractivity contribution in [2.75, 3.05) is 10.6 Å². The highest BCUT2D eigenvalue weighted by Crippen LogP contribution is 2.37. The lowest BCUT2D eigenvalue weighted by atomic mass is 10.0. The molecule has 0 radical (unpaired) electrons. The normalized spacial score (nSPS) is 13.4. The van der Waals surface area contributed by atoms with Gasteiger partial charge in [0.05, 0.1) is 45.4 Å². The van der Waals surface area contributed by atoms with Crippen molar-refractivity contribution in [1.82, 2.24) is 31.3 Å². The number of nitriles is 1. The Hall–Kier alpha value is -4.67. The number of hydrogen-bond donors (Lipinski definition) is 5. The van der Waals surface area contributed by atoms with Crippen molar-refractivity contribution in [1.29, 1.82) is 5.26 Å². The van der Waals surface area contributed by atoms with Gasteiger partial charge >= 0.3 is 0 Å². The van der Waals surface area contributed by atoms with Crippen LogP contribution in [0, 0.1) is 35.0 Å². The molecule has 5 N–H and O–H groups in total. The molecule has 0 bridgehead atoms. The van der Waals surface area contributed by atoms with E-state index in [0.29, 0.717) is 22.3 Å². The van der Waals surface area contributed by atoms with Crippen LogP contribution in [0.4, 0.5) is 34.6 Å². The topological polar surface area (TPSA) is 123 Å². The molecule has 1 atom stereocenters. The third kappa shape index (κ3) is 4.75. The van der Waals surface area contributed by atoms with Crippen LogP contribution in [0.15, 0.2) is 54.6 Å². The van der Waals surface area contributed by atoms with Crippen LogP contribution in [-0.2, 0) is 0 Å². The van der Waals surface area contributed by atoms with Gasteiger partial charge in [0, 0.05) is 35.1 Å². The Morgan fingerprint density at radius 1 is 1.00 bits per heavy atom. The highest BCUT2D eigenvalue weighted by Gasteiger charge is 2.24. The number of hydrazine groups is 2. The lowest BCUT2D eigenvalue weighted by molar-refractivity contribution is 0.480. The average Bonchev–Trinajstić information content (AvgIpc) is 3.40. The van der Waals surface area contributed by atoms with E-state index >= 15 is 0 Å². The third-order valence-electron chi connectivity index (χ3n) is 5.39. The summed E-state index contributed by atoms with van der Waals surface area (Å²) < 4.78 is 55.1. The molecule has 4 heterocycles. The van der Waals surface area contributed by atoms with E-state index in [1.807, 2.05) is 6.07 Å². The molecule has 0 saturated carbocycles. The van der Waals surface area contributed by atoms with Crippen LogP contribution >= 0.6 is 11.6 Å². The largest absolute Gasteiger partial charge is 0.373 e. The van der Waals surface area contributed by atoms with Crippen molar-refractivity contribution in [2.24, 2.45) is 0 Å². The van der Waals surface area contributed by atoms with E-state index in [0.717, 1.165) is 18.3 Å². The van der Waals surface area contributed by atoms with E-state index in [-0.39, 0.29) is 27.5 Å². The number of anilines is 3. The first-order chi connectivity index (χ1) is 17.8. The molecule has 1 aromatic carbocycles. The first-order valence-corrected chi connectivity index (χ1v) is 10.9. The molecule has 1 aliphatic rings. The lowest BCUT2D eigenvalue weighted by Crippen LogP contribution is -2.34. The van der Waals surface area contributed by atoms with Gasteiger partial charge in [0.25, 0.3) is 0 Å². The second-order valence-electron chi connectivity index (χ2n) is 7.72. The van der Waals surface area contributed by atoms with Crippen LogP contribution in [0.3, 0.4) is 0 Å². The Bertz CT molecular complexity index is 1610. The van der Waals surface area contributed by atoms with Crippen LogP contribution in [-0.4, -0.2) is 15.0 Å². The van der Waals surface area contributed by atoms with Crippen molar-refractivity contribution in [3.8, 4) is 6.07 Å². The predicted octanol–water partition coefficient (Wildman–Crippen LogP) is 4.46. The van der Waals surface area contributed by atoms with E-state index < -0.39 is 29.7 Å². The number of halogens is 5. The van der Waals surface area contributed by atoms with Crippen LogP contribution in [0.2, 0.25) is 5.02 Å². The summed E-state index contributed by atoms with van der Waals surface area (Å²) >= 11 is 6.49. The quantitative estimate of drug-likeness (QED) is 0.183. The highest BCUT2D eigenvalue weighted by molar-refractivity contribution is 6.36. The molecular weight excluding hydrogens is 514 g/mol. The SMILES string of the molecule is N#Cc1cnc2c(Cl)cc(N[C@H](C3=CNNN3)c3ccc(F)nc3F)cc2c1Nc1cnc(F)c(F)c1. The highest BCUT2D eigenvalue weighted by atomic mass is 35.5. The molecule has 0 unspecified atom stereocenters. The second kappa shape index (κ2) is 9.76. The van der Waals surface area contributed by atoms with Gasteiger partial charge < -0.3 is 21.5 Å². The zero-order valence-corrected chi connectivity index (χ0v) is 19.1. The fourth-order valence-electron chi connectivity index (χ4n) is 3.74. The molecule has 3 aromatic heterocycles. The summed E-state index contributed by atoms with van der Waals surface area (Å²) in [5.74, 6) is -4.45. The zero-order chi connectivity index (χ0) is 26.1. The molecule has 14 heteroatoms. The van der Waals surface area contributed by atoms with E-state index in [2.05, 4.69) is 42.0 Å². The molecule has 5 rings (SSSR count). The van der Waals surface area contributed by atoms with E-state index in [9.17, 15) is 22.8 Å². The summed E-state index contributed by atoms with van der Waals surface area (Å²) in [6, 6.07) is 7.38. The van der Waals surface area contributed by atoms with Crippen molar-refractivity contribution in [3.05, 3.63) is 94.4 Å². The summed E-state index contributed by atoms with van der Waals surface area (Å²) in [6.07, 6.45) is 3.87. The zero-order valence-electron chi connectivity index (χ0n) is 18.4. The number of pyridine rings is 3. The number of rotatable bonds is 6. The maximum absolute atomic E-state index is 14.6. The van der Waals surface area contributed by atoms with Gasteiger partial charge in [-0.2, -0.15) is 29.0 Å². The Morgan fingerprint density at radius 3 is 2.54 bits per heavy atom. The lowest BCUT2D eigenvalue weighted by Gasteiger charge is -2.22. The van der Waals surface area contributed by atoms with E-state index in [1.54, 1.807) is 6.07 Å². The van der Waals surface area contributed by atoms with E-state index in [4.69, 9.17) is 11.6 Å². The summed E-state index contributed by atoms with van der Waals surface area (Å²) in [4.78, 5) is 10.8. The van der Waals surface area contributed by atoms with Gasteiger partial charge in [-0.3, -0.25) is 4.98 Å². The third-order valence-corrected chi connectivity index (χ3v) is 5.68. The molecule has 186 valence electrons. The summed E-state index contributed by atoms with van der Waals surface area (Å²) in [5.41, 5.74) is 9.68. The summed E-state index contributed by atoms with van der Waals surface area (Å²) in [7, 11) is 0. The van der Waals surface area contributed by atoms with Crippen LogP contribution < -0.4 is 27.0 Å². The molecule has 37 heavy (non-hydrogen) atoms. The van der Waals surface area contributed by atoms with Gasteiger partial charge in [0.15, 0.2) is 5.82 Å². The first kappa shape index (κ1) is 24.0.